The van der Waals surface area contributed by atoms with Crippen LogP contribution in [0.5, 0.6) is 0 Å². The number of H-pyrrole nitrogens is 2. The number of aliphatic hydroxyl groups excluding tert-OH is 5. The van der Waals surface area contributed by atoms with Crippen molar-refractivity contribution in [2.75, 3.05) is 20.2 Å². The van der Waals surface area contributed by atoms with Crippen molar-refractivity contribution in [2.45, 2.75) is 110 Å². The Morgan fingerprint density at radius 1 is 0.840 bits per heavy atom. The zero-order chi connectivity index (χ0) is 36.6. The number of carbonyl (C=O) groups is 1. The van der Waals surface area contributed by atoms with Gasteiger partial charge in [-0.1, -0.05) is 20.8 Å². The van der Waals surface area contributed by atoms with Gasteiger partial charge in [-0.2, -0.15) is 0 Å². The van der Waals surface area contributed by atoms with Crippen LogP contribution in [-0.2, 0) is 17.6 Å². The van der Waals surface area contributed by atoms with Crippen LogP contribution in [0.4, 0.5) is 0 Å². The summed E-state index contributed by atoms with van der Waals surface area (Å²) in [5.74, 6) is -0.325. The van der Waals surface area contributed by atoms with Crippen LogP contribution in [0.2, 0.25) is 0 Å². The Balaban J connectivity index is 1.57. The zero-order valence-electron chi connectivity index (χ0n) is 30.5. The Labute approximate surface area is 293 Å². The second-order valence-corrected chi connectivity index (χ2v) is 14.0. The molecule has 0 unspecified atom stereocenters. The molecule has 6 atom stereocenters. The lowest BCUT2D eigenvalue weighted by atomic mass is 9.85. The molecular weight excluding hydrogens is 634 g/mol. The summed E-state index contributed by atoms with van der Waals surface area (Å²) < 4.78 is 0. The van der Waals surface area contributed by atoms with Gasteiger partial charge in [-0.05, 0) is 105 Å². The van der Waals surface area contributed by atoms with Crippen molar-refractivity contribution >= 4 is 39.6 Å². The van der Waals surface area contributed by atoms with E-state index in [2.05, 4.69) is 75.8 Å². The largest absolute Gasteiger partial charge is 0.394 e. The molecule has 50 heavy (non-hydrogen) atoms. The molecule has 0 spiro atoms. The summed E-state index contributed by atoms with van der Waals surface area (Å²) >= 11 is 0. The standard InChI is InChI=1S/C39H53N5O6/c1-9-24-21(5)30-16-33-25(10-2)20(4)29(41-33)15-31-22(6)26(11-12-36(48)44(8)17-34(46)38(49)39(50)35(47)18-45)37(43-31)23(7)28-13-19(3)27(40-28)14-32(24)42-30/h13-16,22,26,34-35,38-39,41-42,45-47,49-50H,9-12,17-18H2,1-8H3/t22-,26-,34-,35+,38+,39+/m0/s1. The summed E-state index contributed by atoms with van der Waals surface area (Å²) in [5.41, 5.74) is 14.7. The van der Waals surface area contributed by atoms with E-state index in [-0.39, 0.29) is 30.7 Å². The lowest BCUT2D eigenvalue weighted by molar-refractivity contribution is -0.138. The van der Waals surface area contributed by atoms with E-state index in [1.54, 1.807) is 0 Å². The van der Waals surface area contributed by atoms with Gasteiger partial charge in [0.1, 0.15) is 24.4 Å². The van der Waals surface area contributed by atoms with E-state index in [1.807, 2.05) is 6.92 Å². The molecule has 11 heteroatoms. The van der Waals surface area contributed by atoms with E-state index in [0.29, 0.717) is 6.42 Å². The number of rotatable bonds is 11. The fourth-order valence-corrected chi connectivity index (χ4v) is 7.43. The van der Waals surface area contributed by atoms with Gasteiger partial charge in [-0.25, -0.2) is 4.98 Å². The molecular formula is C39H53N5O6. The highest BCUT2D eigenvalue weighted by molar-refractivity contribution is 5.85. The number of nitrogens with one attached hydrogen (secondary N) is 2. The highest BCUT2D eigenvalue weighted by Crippen LogP contribution is 2.42. The minimum absolute atomic E-state index is 0.00142. The SMILES string of the molecule is CCc1c(C)c2cc3[nH]c(cc4nc(c(C)c5nc(cc1[nH]2)C(C)=C5)[C@@H](CCC(=O)N(C)C[C@H](O)[C@@H](O)[C@H](O)[C@H](O)CO)[C@@H]4C)c(C)c3CC. The first-order valence-electron chi connectivity index (χ1n) is 17.7. The Morgan fingerprint density at radius 2 is 1.42 bits per heavy atom. The predicted octanol–water partition coefficient (Wildman–Crippen LogP) is 4.49. The summed E-state index contributed by atoms with van der Waals surface area (Å²) in [6.45, 7) is 13.9. The van der Waals surface area contributed by atoms with E-state index < -0.39 is 31.0 Å². The number of aliphatic hydroxyl groups is 5. The quantitative estimate of drug-likeness (QED) is 0.154. The Kier molecular flexibility index (Phi) is 11.3. The minimum atomic E-state index is -1.76. The fourth-order valence-electron chi connectivity index (χ4n) is 7.43. The maximum Gasteiger partial charge on any atom is 0.222 e. The second-order valence-electron chi connectivity index (χ2n) is 14.0. The molecule has 0 radical (unpaired) electrons. The highest BCUT2D eigenvalue weighted by Gasteiger charge is 2.34. The first-order valence-corrected chi connectivity index (χ1v) is 17.7. The van der Waals surface area contributed by atoms with Crippen molar-refractivity contribution in [1.82, 2.24) is 24.8 Å². The Bertz CT molecular complexity index is 1940. The van der Waals surface area contributed by atoms with Crippen molar-refractivity contribution in [1.29, 1.82) is 0 Å². The summed E-state index contributed by atoms with van der Waals surface area (Å²) in [5, 5.41) is 49.4. The molecule has 1 amide bonds. The van der Waals surface area contributed by atoms with E-state index >= 15 is 0 Å². The maximum absolute atomic E-state index is 13.3. The van der Waals surface area contributed by atoms with Crippen molar-refractivity contribution in [3.63, 3.8) is 0 Å². The molecule has 270 valence electrons. The van der Waals surface area contributed by atoms with Gasteiger partial charge in [0.2, 0.25) is 5.91 Å². The normalized spacial score (nSPS) is 18.5. The molecule has 3 aromatic rings. The van der Waals surface area contributed by atoms with Gasteiger partial charge in [0.15, 0.2) is 0 Å². The summed E-state index contributed by atoms with van der Waals surface area (Å²) in [6, 6.07) is 6.49. The van der Waals surface area contributed by atoms with Gasteiger partial charge in [0.05, 0.1) is 18.0 Å². The van der Waals surface area contributed by atoms with Crippen LogP contribution in [0.25, 0.3) is 33.7 Å². The number of amides is 1. The van der Waals surface area contributed by atoms with Gasteiger partial charge >= 0.3 is 0 Å². The number of allylic oxidation sites excluding steroid dienone is 1. The van der Waals surface area contributed by atoms with E-state index in [4.69, 9.17) is 15.1 Å². The molecule has 2 aliphatic heterocycles. The average molecular weight is 688 g/mol. The topological polar surface area (TPSA) is 179 Å². The molecule has 0 saturated heterocycles. The van der Waals surface area contributed by atoms with E-state index in [1.165, 1.54) is 34.2 Å². The minimum Gasteiger partial charge on any atom is -0.394 e. The van der Waals surface area contributed by atoms with Gasteiger partial charge in [-0.3, -0.25) is 9.78 Å². The summed E-state index contributed by atoms with van der Waals surface area (Å²) in [7, 11) is 1.52. The van der Waals surface area contributed by atoms with E-state index in [0.717, 1.165) is 68.8 Å². The predicted molar refractivity (Wildman–Crippen MR) is 197 cm³/mol. The van der Waals surface area contributed by atoms with Crippen LogP contribution >= 0.6 is 0 Å². The third kappa shape index (κ3) is 7.15. The number of aromatic amines is 2. The van der Waals surface area contributed by atoms with Crippen molar-refractivity contribution in [3.05, 3.63) is 68.8 Å². The first-order chi connectivity index (χ1) is 23.7. The number of nitrogens with zero attached hydrogens (tertiary/aromatic N) is 3. The van der Waals surface area contributed by atoms with Crippen molar-refractivity contribution in [3.8, 4) is 0 Å². The molecule has 0 fully saturated rings. The van der Waals surface area contributed by atoms with Crippen LogP contribution in [0.15, 0.2) is 18.2 Å². The lowest BCUT2D eigenvalue weighted by Crippen LogP contribution is -2.49. The van der Waals surface area contributed by atoms with Crippen LogP contribution in [0.1, 0.15) is 103 Å². The van der Waals surface area contributed by atoms with Crippen LogP contribution < -0.4 is 0 Å². The second kappa shape index (κ2) is 15.2. The Hall–Kier alpha value is -3.87. The molecule has 5 rings (SSSR count). The summed E-state index contributed by atoms with van der Waals surface area (Å²) in [6.07, 6.45) is -2.11. The van der Waals surface area contributed by atoms with Gasteiger partial charge < -0.3 is 40.4 Å². The van der Waals surface area contributed by atoms with Gasteiger partial charge in [0.25, 0.3) is 0 Å². The molecule has 5 heterocycles. The monoisotopic (exact) mass is 687 g/mol. The number of likely N-dealkylation sites (N-methyl/N-ethyl adjacent to an activating group) is 1. The third-order valence-corrected chi connectivity index (χ3v) is 10.8. The number of hydrogen-bond acceptors (Lipinski definition) is 8. The third-order valence-electron chi connectivity index (χ3n) is 10.8. The van der Waals surface area contributed by atoms with Crippen LogP contribution in [0.3, 0.4) is 0 Å². The molecule has 0 aliphatic carbocycles. The van der Waals surface area contributed by atoms with Crippen molar-refractivity contribution < 1.29 is 30.3 Å². The smallest absolute Gasteiger partial charge is 0.222 e. The molecule has 7 N–H and O–H groups in total. The lowest BCUT2D eigenvalue weighted by Gasteiger charge is -2.29. The molecule has 11 nitrogen and oxygen atoms in total. The number of fused-ring (bicyclic) bond motifs is 8. The maximum atomic E-state index is 13.3. The number of aromatic nitrogens is 4. The molecule has 3 aromatic heterocycles. The van der Waals surface area contributed by atoms with Gasteiger partial charge in [0, 0.05) is 65.3 Å². The molecule has 2 aliphatic rings. The highest BCUT2D eigenvalue weighted by atomic mass is 16.4. The molecule has 0 saturated carbocycles. The van der Waals surface area contributed by atoms with Gasteiger partial charge in [-0.15, -0.1) is 0 Å². The molecule has 0 aromatic carbocycles. The number of aryl methyl sites for hydroxylation is 4. The van der Waals surface area contributed by atoms with Crippen LogP contribution in [0, 0.1) is 20.8 Å². The number of carbonyl (C=O) groups excluding carboxylic acids is 1. The zero-order valence-corrected chi connectivity index (χ0v) is 30.5. The molecule has 8 bridgehead atoms. The summed E-state index contributed by atoms with van der Waals surface area (Å²) in [4.78, 5) is 32.3. The Morgan fingerprint density at radius 3 is 2.02 bits per heavy atom. The fraction of sp³-hybridized carbons (Fsp3) is 0.513. The number of hydrogen-bond donors (Lipinski definition) is 7. The van der Waals surface area contributed by atoms with Crippen LogP contribution in [-0.4, -0.2) is 101 Å². The first kappa shape index (κ1) is 37.4. The van der Waals surface area contributed by atoms with E-state index in [9.17, 15) is 25.2 Å². The average Bonchev–Trinajstić information content (AvgIpc) is 3.80. The van der Waals surface area contributed by atoms with Crippen molar-refractivity contribution in [2.24, 2.45) is 0 Å².